The van der Waals surface area contributed by atoms with Crippen molar-refractivity contribution in [2.24, 2.45) is 5.92 Å². The van der Waals surface area contributed by atoms with Gasteiger partial charge < -0.3 is 15.3 Å². The highest BCUT2D eigenvalue weighted by Gasteiger charge is 2.48. The Kier molecular flexibility index (Phi) is 3.12. The van der Waals surface area contributed by atoms with Crippen molar-refractivity contribution in [2.45, 2.75) is 37.2 Å². The third-order valence-electron chi connectivity index (χ3n) is 4.16. The van der Waals surface area contributed by atoms with Crippen LogP contribution in [0.3, 0.4) is 0 Å². The van der Waals surface area contributed by atoms with E-state index >= 15 is 0 Å². The van der Waals surface area contributed by atoms with Crippen molar-refractivity contribution in [1.82, 2.24) is 9.55 Å². The van der Waals surface area contributed by atoms with Gasteiger partial charge in [0.15, 0.2) is 0 Å². The molecule has 1 aromatic rings. The molecule has 1 aromatic heterocycles. The molecule has 0 aromatic carbocycles. The van der Waals surface area contributed by atoms with E-state index in [1.165, 1.54) is 16.8 Å². The zero-order chi connectivity index (χ0) is 14.4. The smallest absolute Gasteiger partial charge is 0.328 e. The Morgan fingerprint density at radius 1 is 1.20 bits per heavy atom. The van der Waals surface area contributed by atoms with E-state index in [0.717, 1.165) is 5.57 Å². The number of hydrogen-bond donors (Lipinski definition) is 4. The van der Waals surface area contributed by atoms with Gasteiger partial charge in [0, 0.05) is 18.2 Å². The average molecular weight is 280 g/mol. The number of nitrogens with zero attached hydrogens (tertiary/aromatic N) is 1. The van der Waals surface area contributed by atoms with Crippen molar-refractivity contribution in [3.8, 4) is 0 Å². The van der Waals surface area contributed by atoms with Crippen molar-refractivity contribution in [3.05, 3.63) is 44.8 Å². The first kappa shape index (κ1) is 13.3. The lowest BCUT2D eigenvalue weighted by Gasteiger charge is -2.25. The van der Waals surface area contributed by atoms with Gasteiger partial charge in [-0.15, -0.1) is 0 Å². The van der Waals surface area contributed by atoms with Crippen molar-refractivity contribution in [2.75, 3.05) is 0 Å². The summed E-state index contributed by atoms with van der Waals surface area (Å²) in [7, 11) is 0. The highest BCUT2D eigenvalue weighted by molar-refractivity contribution is 5.27. The van der Waals surface area contributed by atoms with Gasteiger partial charge in [0.1, 0.15) is 6.10 Å². The SMILES string of the molecule is O=c1ccn([C@@H]2C3=CC[C@H](O)C[C@@H]3[C@@H](O)C2O)c(=O)[nH]1. The summed E-state index contributed by atoms with van der Waals surface area (Å²) < 4.78 is 1.22. The quantitative estimate of drug-likeness (QED) is 0.468. The summed E-state index contributed by atoms with van der Waals surface area (Å²) in [6.45, 7) is 0. The number of rotatable bonds is 1. The van der Waals surface area contributed by atoms with Crippen molar-refractivity contribution >= 4 is 0 Å². The zero-order valence-electron chi connectivity index (χ0n) is 10.6. The molecule has 3 rings (SSSR count). The van der Waals surface area contributed by atoms with E-state index in [2.05, 4.69) is 4.98 Å². The van der Waals surface area contributed by atoms with Crippen molar-refractivity contribution in [3.63, 3.8) is 0 Å². The Morgan fingerprint density at radius 3 is 2.65 bits per heavy atom. The average Bonchev–Trinajstić information content (AvgIpc) is 2.63. The van der Waals surface area contributed by atoms with Gasteiger partial charge in [-0.3, -0.25) is 14.3 Å². The minimum Gasteiger partial charge on any atom is -0.393 e. The van der Waals surface area contributed by atoms with E-state index in [4.69, 9.17) is 0 Å². The highest BCUT2D eigenvalue weighted by Crippen LogP contribution is 2.44. The number of aromatic nitrogens is 2. The maximum absolute atomic E-state index is 11.9. The molecule has 1 heterocycles. The minimum atomic E-state index is -1.14. The molecule has 108 valence electrons. The molecule has 7 nitrogen and oxygen atoms in total. The second-order valence-electron chi connectivity index (χ2n) is 5.38. The van der Waals surface area contributed by atoms with Crippen LogP contribution >= 0.6 is 0 Å². The Morgan fingerprint density at radius 2 is 1.95 bits per heavy atom. The lowest BCUT2D eigenvalue weighted by Crippen LogP contribution is -2.37. The predicted molar refractivity (Wildman–Crippen MR) is 69.2 cm³/mol. The van der Waals surface area contributed by atoms with Gasteiger partial charge in [-0.1, -0.05) is 6.08 Å². The molecule has 0 amide bonds. The summed E-state index contributed by atoms with van der Waals surface area (Å²) in [5.41, 5.74) is -0.394. The molecule has 1 saturated carbocycles. The van der Waals surface area contributed by atoms with Gasteiger partial charge >= 0.3 is 5.69 Å². The van der Waals surface area contributed by atoms with Gasteiger partial charge in [0.25, 0.3) is 5.56 Å². The standard InChI is InChI=1S/C13H16N2O5/c16-6-1-2-7-8(5-6)11(18)12(19)10(7)15-4-3-9(17)14-13(15)20/h2-4,6,8,10-12,16,18-19H,1,5H2,(H,14,17,20)/t6-,8-,10+,11+,12?/m0/s1. The highest BCUT2D eigenvalue weighted by atomic mass is 16.3. The number of aromatic amines is 1. The van der Waals surface area contributed by atoms with Crippen LogP contribution in [-0.4, -0.2) is 43.2 Å². The number of nitrogens with one attached hydrogen (secondary N) is 1. The number of hydrogen-bond acceptors (Lipinski definition) is 5. The van der Waals surface area contributed by atoms with Crippen LogP contribution in [0.4, 0.5) is 0 Å². The van der Waals surface area contributed by atoms with E-state index in [1.54, 1.807) is 6.08 Å². The predicted octanol–water partition coefficient (Wildman–Crippen LogP) is -1.49. The first-order valence-corrected chi connectivity index (χ1v) is 6.54. The molecule has 5 atom stereocenters. The lowest BCUT2D eigenvalue weighted by molar-refractivity contribution is -0.00393. The third kappa shape index (κ3) is 1.94. The van der Waals surface area contributed by atoms with Crippen LogP contribution in [0.25, 0.3) is 0 Å². The molecule has 7 heteroatoms. The second kappa shape index (κ2) is 4.69. The molecule has 1 unspecified atom stereocenters. The largest absolute Gasteiger partial charge is 0.393 e. The summed E-state index contributed by atoms with van der Waals surface area (Å²) in [4.78, 5) is 25.1. The van der Waals surface area contributed by atoms with Crippen LogP contribution in [0.2, 0.25) is 0 Å². The molecule has 0 spiro atoms. The fourth-order valence-corrected chi connectivity index (χ4v) is 3.22. The van der Waals surface area contributed by atoms with Gasteiger partial charge in [-0.05, 0) is 18.4 Å². The van der Waals surface area contributed by atoms with Gasteiger partial charge in [0.2, 0.25) is 0 Å². The molecular weight excluding hydrogens is 264 g/mol. The van der Waals surface area contributed by atoms with E-state index < -0.39 is 35.6 Å². The first-order valence-electron chi connectivity index (χ1n) is 6.54. The molecule has 0 saturated heterocycles. The maximum Gasteiger partial charge on any atom is 0.328 e. The summed E-state index contributed by atoms with van der Waals surface area (Å²) in [5, 5.41) is 30.0. The number of aliphatic hydroxyl groups is 3. The summed E-state index contributed by atoms with van der Waals surface area (Å²) in [5.74, 6) is -0.363. The fraction of sp³-hybridized carbons (Fsp3) is 0.538. The molecule has 2 aliphatic carbocycles. The lowest BCUT2D eigenvalue weighted by atomic mass is 9.86. The Balaban J connectivity index is 2.08. The summed E-state index contributed by atoms with van der Waals surface area (Å²) in [6, 6.07) is 0.498. The van der Waals surface area contributed by atoms with Gasteiger partial charge in [-0.2, -0.15) is 0 Å². The summed E-state index contributed by atoms with van der Waals surface area (Å²) in [6.07, 6.45) is 1.16. The molecule has 20 heavy (non-hydrogen) atoms. The number of H-pyrrole nitrogens is 1. The summed E-state index contributed by atoms with van der Waals surface area (Å²) >= 11 is 0. The van der Waals surface area contributed by atoms with Crippen molar-refractivity contribution in [1.29, 1.82) is 0 Å². The third-order valence-corrected chi connectivity index (χ3v) is 4.16. The molecule has 1 fully saturated rings. The number of fused-ring (bicyclic) bond motifs is 1. The van der Waals surface area contributed by atoms with Crippen LogP contribution in [0.5, 0.6) is 0 Å². The molecular formula is C13H16N2O5. The van der Waals surface area contributed by atoms with Gasteiger partial charge in [0.05, 0.1) is 18.2 Å². The van der Waals surface area contributed by atoms with E-state index in [1.807, 2.05) is 0 Å². The van der Waals surface area contributed by atoms with E-state index in [9.17, 15) is 24.9 Å². The normalized spacial score (nSPS) is 36.5. The molecule has 2 aliphatic rings. The Labute approximate surface area is 113 Å². The van der Waals surface area contributed by atoms with Crippen LogP contribution in [0.1, 0.15) is 18.9 Å². The molecule has 0 bridgehead atoms. The Bertz CT molecular complexity index is 661. The van der Waals surface area contributed by atoms with E-state index in [0.29, 0.717) is 12.8 Å². The topological polar surface area (TPSA) is 116 Å². The van der Waals surface area contributed by atoms with Crippen molar-refractivity contribution < 1.29 is 15.3 Å². The maximum atomic E-state index is 11.9. The van der Waals surface area contributed by atoms with Crippen LogP contribution in [-0.2, 0) is 0 Å². The monoisotopic (exact) mass is 280 g/mol. The molecule has 0 radical (unpaired) electrons. The molecule has 0 aliphatic heterocycles. The number of aliphatic hydroxyl groups excluding tert-OH is 3. The van der Waals surface area contributed by atoms with E-state index in [-0.39, 0.29) is 5.92 Å². The van der Waals surface area contributed by atoms with Crippen LogP contribution in [0, 0.1) is 5.92 Å². The molecule has 4 N–H and O–H groups in total. The first-order chi connectivity index (χ1) is 9.49. The zero-order valence-corrected chi connectivity index (χ0v) is 10.6. The second-order valence-corrected chi connectivity index (χ2v) is 5.38. The van der Waals surface area contributed by atoms with Crippen LogP contribution < -0.4 is 11.2 Å². The van der Waals surface area contributed by atoms with Crippen LogP contribution in [0.15, 0.2) is 33.5 Å². The minimum absolute atomic E-state index is 0.360. The fourth-order valence-electron chi connectivity index (χ4n) is 3.22. The van der Waals surface area contributed by atoms with Gasteiger partial charge in [-0.25, -0.2) is 4.79 Å². The Hall–Kier alpha value is -1.70.